The third-order valence-corrected chi connectivity index (χ3v) is 7.47. The minimum Gasteiger partial charge on any atom is -0.483 e. The molecular formula is C24H31NO4S. The maximum absolute atomic E-state index is 13.1. The summed E-state index contributed by atoms with van der Waals surface area (Å²) in [5.41, 5.74) is 4.17. The highest BCUT2D eigenvalue weighted by atomic mass is 32.2. The molecule has 162 valence electrons. The minimum absolute atomic E-state index is 0.0200. The highest BCUT2D eigenvalue weighted by molar-refractivity contribution is 7.91. The standard InChI is InChI=1S/C24H31NO4S/c1-17(2)21-10-8-20(9-11-21)14-25(22-12-13-30(27,28)16-22)23(26)15-29-24-18(3)6-5-7-19(24)4/h5-11,17,22H,12-16H2,1-4H3/t22-/m1/s1. The molecule has 1 aliphatic heterocycles. The van der Waals surface area contributed by atoms with Crippen LogP contribution in [0.5, 0.6) is 5.75 Å². The molecule has 0 spiro atoms. The molecule has 1 amide bonds. The first-order chi connectivity index (χ1) is 14.2. The lowest BCUT2D eigenvalue weighted by atomic mass is 10.0. The van der Waals surface area contributed by atoms with E-state index < -0.39 is 9.84 Å². The molecule has 1 aliphatic rings. The molecule has 30 heavy (non-hydrogen) atoms. The summed E-state index contributed by atoms with van der Waals surface area (Å²) in [6, 6.07) is 13.7. The summed E-state index contributed by atoms with van der Waals surface area (Å²) in [6.45, 7) is 8.45. The fourth-order valence-electron chi connectivity index (χ4n) is 3.89. The van der Waals surface area contributed by atoms with E-state index in [2.05, 4.69) is 26.0 Å². The number of hydrogen-bond donors (Lipinski definition) is 0. The molecule has 6 heteroatoms. The van der Waals surface area contributed by atoms with Crippen LogP contribution in [0.15, 0.2) is 42.5 Å². The summed E-state index contributed by atoms with van der Waals surface area (Å²) < 4.78 is 29.9. The van der Waals surface area contributed by atoms with Crippen molar-refractivity contribution >= 4 is 15.7 Å². The Kier molecular flexibility index (Phi) is 6.86. The lowest BCUT2D eigenvalue weighted by molar-refractivity contribution is -0.136. The summed E-state index contributed by atoms with van der Waals surface area (Å²) in [4.78, 5) is 14.8. The van der Waals surface area contributed by atoms with Gasteiger partial charge in [-0.2, -0.15) is 0 Å². The van der Waals surface area contributed by atoms with Crippen molar-refractivity contribution in [3.05, 3.63) is 64.7 Å². The summed E-state index contributed by atoms with van der Waals surface area (Å²) in [5, 5.41) is 0. The number of rotatable bonds is 7. The summed E-state index contributed by atoms with van der Waals surface area (Å²) in [7, 11) is -3.10. The molecule has 1 heterocycles. The van der Waals surface area contributed by atoms with Crippen LogP contribution in [0.25, 0.3) is 0 Å². The van der Waals surface area contributed by atoms with Gasteiger partial charge in [0.1, 0.15) is 5.75 Å². The lowest BCUT2D eigenvalue weighted by Gasteiger charge is -2.29. The number of ether oxygens (including phenoxy) is 1. The number of aryl methyl sites for hydroxylation is 2. The number of carbonyl (C=O) groups excluding carboxylic acids is 1. The Hall–Kier alpha value is -2.34. The third kappa shape index (κ3) is 5.42. The van der Waals surface area contributed by atoms with Gasteiger partial charge in [-0.3, -0.25) is 4.79 Å². The first-order valence-electron chi connectivity index (χ1n) is 10.4. The summed E-state index contributed by atoms with van der Waals surface area (Å²) >= 11 is 0. The fraction of sp³-hybridized carbons (Fsp3) is 0.458. The van der Waals surface area contributed by atoms with E-state index in [-0.39, 0.29) is 30.1 Å². The van der Waals surface area contributed by atoms with Gasteiger partial charge < -0.3 is 9.64 Å². The molecule has 3 rings (SSSR count). The molecule has 5 nitrogen and oxygen atoms in total. The Balaban J connectivity index is 1.77. The summed E-state index contributed by atoms with van der Waals surface area (Å²) in [6.07, 6.45) is 0.474. The lowest BCUT2D eigenvalue weighted by Crippen LogP contribution is -2.43. The SMILES string of the molecule is Cc1cccc(C)c1OCC(=O)N(Cc1ccc(C(C)C)cc1)[C@@H]1CCS(=O)(=O)C1. The zero-order valence-electron chi connectivity index (χ0n) is 18.2. The van der Waals surface area contributed by atoms with E-state index in [0.29, 0.717) is 24.6 Å². The van der Waals surface area contributed by atoms with Crippen molar-refractivity contribution in [2.45, 2.75) is 52.6 Å². The predicted molar refractivity (Wildman–Crippen MR) is 120 cm³/mol. The van der Waals surface area contributed by atoms with Crippen LogP contribution in [0.1, 0.15) is 48.4 Å². The molecule has 1 fully saturated rings. The van der Waals surface area contributed by atoms with Gasteiger partial charge in [0.25, 0.3) is 5.91 Å². The van der Waals surface area contributed by atoms with Crippen LogP contribution >= 0.6 is 0 Å². The van der Waals surface area contributed by atoms with Gasteiger partial charge in [0.15, 0.2) is 16.4 Å². The van der Waals surface area contributed by atoms with Crippen molar-refractivity contribution in [3.8, 4) is 5.75 Å². The van der Waals surface area contributed by atoms with Gasteiger partial charge in [0, 0.05) is 12.6 Å². The van der Waals surface area contributed by atoms with Gasteiger partial charge in [-0.1, -0.05) is 56.3 Å². The molecule has 0 aliphatic carbocycles. The minimum atomic E-state index is -3.10. The van der Waals surface area contributed by atoms with Crippen molar-refractivity contribution < 1.29 is 17.9 Å². The number of nitrogens with zero attached hydrogens (tertiary/aromatic N) is 1. The second-order valence-electron chi connectivity index (χ2n) is 8.48. The fourth-order valence-corrected chi connectivity index (χ4v) is 5.62. The number of amides is 1. The quantitative estimate of drug-likeness (QED) is 0.667. The van der Waals surface area contributed by atoms with Crippen molar-refractivity contribution in [2.24, 2.45) is 0 Å². The first kappa shape index (κ1) is 22.3. The van der Waals surface area contributed by atoms with E-state index in [1.165, 1.54) is 5.56 Å². The number of hydrogen-bond acceptors (Lipinski definition) is 4. The van der Waals surface area contributed by atoms with Crippen LogP contribution in [0.4, 0.5) is 0 Å². The Morgan fingerprint density at radius 1 is 1.10 bits per heavy atom. The largest absolute Gasteiger partial charge is 0.483 e. The molecule has 2 aromatic carbocycles. The zero-order chi connectivity index (χ0) is 21.9. The Labute approximate surface area is 180 Å². The normalized spacial score (nSPS) is 17.8. The van der Waals surface area contributed by atoms with Crippen molar-refractivity contribution in [2.75, 3.05) is 18.1 Å². The predicted octanol–water partition coefficient (Wildman–Crippen LogP) is 4.02. The van der Waals surface area contributed by atoms with Gasteiger partial charge in [-0.25, -0.2) is 8.42 Å². The molecule has 0 N–H and O–H groups in total. The Morgan fingerprint density at radius 2 is 1.73 bits per heavy atom. The monoisotopic (exact) mass is 429 g/mol. The van der Waals surface area contributed by atoms with E-state index in [1.807, 2.05) is 44.2 Å². The van der Waals surface area contributed by atoms with Crippen LogP contribution in [-0.4, -0.2) is 43.4 Å². The highest BCUT2D eigenvalue weighted by Gasteiger charge is 2.34. The highest BCUT2D eigenvalue weighted by Crippen LogP contribution is 2.24. The molecule has 1 atom stereocenters. The van der Waals surface area contributed by atoms with Crippen LogP contribution in [0.2, 0.25) is 0 Å². The van der Waals surface area contributed by atoms with Gasteiger partial charge in [-0.15, -0.1) is 0 Å². The molecular weight excluding hydrogens is 398 g/mol. The van der Waals surface area contributed by atoms with E-state index in [1.54, 1.807) is 4.90 Å². The maximum atomic E-state index is 13.1. The Morgan fingerprint density at radius 3 is 2.27 bits per heavy atom. The maximum Gasteiger partial charge on any atom is 0.261 e. The van der Waals surface area contributed by atoms with Crippen LogP contribution in [0.3, 0.4) is 0 Å². The average Bonchev–Trinajstić information content (AvgIpc) is 3.05. The van der Waals surface area contributed by atoms with Gasteiger partial charge in [0.05, 0.1) is 11.5 Å². The first-order valence-corrected chi connectivity index (χ1v) is 12.3. The van der Waals surface area contributed by atoms with E-state index >= 15 is 0 Å². The van der Waals surface area contributed by atoms with Gasteiger partial charge >= 0.3 is 0 Å². The topological polar surface area (TPSA) is 63.7 Å². The smallest absolute Gasteiger partial charge is 0.261 e. The number of para-hydroxylation sites is 1. The van der Waals surface area contributed by atoms with Crippen molar-refractivity contribution in [3.63, 3.8) is 0 Å². The number of sulfone groups is 1. The zero-order valence-corrected chi connectivity index (χ0v) is 19.0. The summed E-state index contributed by atoms with van der Waals surface area (Å²) in [5.74, 6) is 1.11. The molecule has 0 radical (unpaired) electrons. The molecule has 0 bridgehead atoms. The molecule has 2 aromatic rings. The van der Waals surface area contributed by atoms with Crippen LogP contribution in [-0.2, 0) is 21.2 Å². The second-order valence-corrected chi connectivity index (χ2v) is 10.7. The van der Waals surface area contributed by atoms with E-state index in [4.69, 9.17) is 4.74 Å². The van der Waals surface area contributed by atoms with Gasteiger partial charge in [0.2, 0.25) is 0 Å². The van der Waals surface area contributed by atoms with Gasteiger partial charge in [-0.05, 0) is 48.4 Å². The average molecular weight is 430 g/mol. The van der Waals surface area contributed by atoms with Crippen molar-refractivity contribution in [1.82, 2.24) is 4.90 Å². The molecule has 1 saturated heterocycles. The van der Waals surface area contributed by atoms with Crippen LogP contribution < -0.4 is 4.74 Å². The van der Waals surface area contributed by atoms with E-state index in [0.717, 1.165) is 16.7 Å². The molecule has 0 saturated carbocycles. The second kappa shape index (κ2) is 9.21. The van der Waals surface area contributed by atoms with Crippen molar-refractivity contribution in [1.29, 1.82) is 0 Å². The van der Waals surface area contributed by atoms with Crippen LogP contribution in [0, 0.1) is 13.8 Å². The Bertz CT molecular complexity index is 976. The number of benzene rings is 2. The molecule has 0 unspecified atom stereocenters. The van der Waals surface area contributed by atoms with E-state index in [9.17, 15) is 13.2 Å². The number of carbonyl (C=O) groups is 1. The third-order valence-electron chi connectivity index (χ3n) is 5.72. The molecule has 0 aromatic heterocycles.